The molecule has 8 amide bonds. The molecule has 3 N–H and O–H groups in total. The molecule has 0 saturated carbocycles. The third-order valence-electron chi connectivity index (χ3n) is 24.9. The number of rotatable bonds is 20. The first kappa shape index (κ1) is 84.6. The van der Waals surface area contributed by atoms with E-state index >= 15 is 0 Å². The van der Waals surface area contributed by atoms with Gasteiger partial charge in [-0.3, -0.25) is 52.9 Å². The van der Waals surface area contributed by atoms with Crippen LogP contribution >= 0.6 is 35.3 Å². The highest BCUT2D eigenvalue weighted by Crippen LogP contribution is 2.50. The molecule has 122 heavy (non-hydrogen) atoms. The number of para-hydroxylation sites is 4. The molecular weight excluding hydrogens is 1600 g/mol. The molecule has 6 atom stereocenters. The van der Waals surface area contributed by atoms with E-state index in [1.807, 2.05) is 184 Å². The Bertz CT molecular complexity index is 5480. The van der Waals surface area contributed by atoms with Crippen LogP contribution in [-0.2, 0) is 48.3 Å². The number of hydrogen-bond acceptors (Lipinski definition) is 17. The first-order valence-corrected chi connectivity index (χ1v) is 45.6. The van der Waals surface area contributed by atoms with E-state index in [4.69, 9.17) is 0 Å². The number of urea groups is 1. The van der Waals surface area contributed by atoms with Crippen molar-refractivity contribution in [3.05, 3.63) is 255 Å². The Morgan fingerprint density at radius 3 is 1.53 bits per heavy atom. The monoisotopic (exact) mass is 1710 g/mol. The zero-order valence-electron chi connectivity index (χ0n) is 69.6. The van der Waals surface area contributed by atoms with Gasteiger partial charge in [-0.2, -0.15) is 0 Å². The number of nitrogens with one attached hydrogen (secondary N) is 3. The van der Waals surface area contributed by atoms with Crippen LogP contribution in [0.5, 0.6) is 0 Å². The molecule has 8 aliphatic heterocycles. The molecule has 7 saturated heterocycles. The molecule has 29 heteroatoms. The van der Waals surface area contributed by atoms with Crippen molar-refractivity contribution in [1.29, 1.82) is 0 Å². The van der Waals surface area contributed by atoms with E-state index in [2.05, 4.69) is 92.1 Å². The molecule has 5 aromatic heterocycles. The van der Waals surface area contributed by atoms with E-state index in [0.29, 0.717) is 96.8 Å². The number of hydrogen-bond donors (Lipinski definition) is 3. The fourth-order valence-electron chi connectivity index (χ4n) is 18.1. The Labute approximate surface area is 726 Å². The quantitative estimate of drug-likeness (QED) is 0.0639. The predicted molar refractivity (Wildman–Crippen MR) is 483 cm³/mol. The lowest BCUT2D eigenvalue weighted by Gasteiger charge is -2.40. The number of aromatic nitrogens is 7. The highest BCUT2D eigenvalue weighted by Gasteiger charge is 2.47. The average molecular weight is 1710 g/mol. The summed E-state index contributed by atoms with van der Waals surface area (Å²) in [6.07, 6.45) is 15.1. The summed E-state index contributed by atoms with van der Waals surface area (Å²) in [6, 6.07) is 55.7. The fourth-order valence-corrected chi connectivity index (χ4v) is 22.5. The van der Waals surface area contributed by atoms with E-state index in [9.17, 15) is 43.2 Å². The number of carbonyl (C=O) groups excluding carboxylic acids is 7. The molecule has 0 aliphatic carbocycles. The van der Waals surface area contributed by atoms with Crippen LogP contribution in [0.3, 0.4) is 0 Å². The van der Waals surface area contributed by atoms with Gasteiger partial charge in [-0.25, -0.2) is 19.4 Å². The van der Waals surface area contributed by atoms with E-state index in [1.54, 1.807) is 70.8 Å². The zero-order valence-corrected chi connectivity index (χ0v) is 72.0. The maximum Gasteiger partial charge on any atom is 0.327 e. The van der Waals surface area contributed by atoms with Gasteiger partial charge in [0, 0.05) is 180 Å². The summed E-state index contributed by atoms with van der Waals surface area (Å²) in [5, 5.41) is 1.37. The zero-order chi connectivity index (χ0) is 84.5. The maximum absolute atomic E-state index is 14.0. The number of carbonyl (C=O) groups is 7. The van der Waals surface area contributed by atoms with Crippen molar-refractivity contribution in [2.45, 2.75) is 154 Å². The van der Waals surface area contributed by atoms with Crippen LogP contribution in [0.25, 0.3) is 22.2 Å². The van der Waals surface area contributed by atoms with E-state index in [-0.39, 0.29) is 115 Å². The minimum Gasteiger partial charge on any atom is -0.369 e. The van der Waals surface area contributed by atoms with Crippen LogP contribution in [0.2, 0.25) is 0 Å². The summed E-state index contributed by atoms with van der Waals surface area (Å²) >= 11 is 4.78. The van der Waals surface area contributed by atoms with E-state index in [1.165, 1.54) is 11.3 Å². The fraction of sp³-hybridized carbons (Fsp3) is 0.419. The molecule has 640 valence electrons. The predicted octanol–water partition coefficient (Wildman–Crippen LogP) is 13.4. The number of pyridine rings is 3. The topological polar surface area (TPSA) is 275 Å². The maximum atomic E-state index is 14.0. The summed E-state index contributed by atoms with van der Waals surface area (Å²) in [5.74, 6) is 0.122. The Hall–Kier alpha value is -11.0. The number of fused-ring (bicyclic) bond motifs is 3. The summed E-state index contributed by atoms with van der Waals surface area (Å²) in [5.41, 5.74) is 11.6. The molecule has 18 rings (SSSR count). The van der Waals surface area contributed by atoms with Crippen molar-refractivity contribution in [2.24, 2.45) is 5.41 Å². The number of likely N-dealkylation sites (N-methyl/N-ethyl adjacent to an activating group) is 1. The van der Waals surface area contributed by atoms with Crippen molar-refractivity contribution in [3.63, 3.8) is 0 Å². The van der Waals surface area contributed by atoms with Gasteiger partial charge in [-0.15, -0.1) is 35.3 Å². The number of nitrogens with zero attached hydrogens (tertiary/aromatic N) is 14. The molecule has 0 radical (unpaired) electrons. The second-order valence-electron chi connectivity index (χ2n) is 34.1. The first-order valence-electron chi connectivity index (χ1n) is 42.8. The highest BCUT2D eigenvalue weighted by atomic mass is 32.2. The number of anilines is 2. The summed E-state index contributed by atoms with van der Waals surface area (Å²) in [4.78, 5) is 156. The molecular formula is C93H111N17O9S3. The summed E-state index contributed by atoms with van der Waals surface area (Å²) < 4.78 is 3.62. The number of piperidine rings is 3. The van der Waals surface area contributed by atoms with Gasteiger partial charge in [0.05, 0.1) is 32.3 Å². The largest absolute Gasteiger partial charge is 0.369 e. The number of thioether (sulfide) groups is 3. The number of H-pyrrole nitrogens is 2. The molecule has 5 aromatic carbocycles. The molecule has 10 aromatic rings. The van der Waals surface area contributed by atoms with Crippen LogP contribution < -0.4 is 21.6 Å². The molecule has 7 fully saturated rings. The summed E-state index contributed by atoms with van der Waals surface area (Å²) in [6.45, 7) is 16.3. The second kappa shape index (κ2) is 38.2. The van der Waals surface area contributed by atoms with Crippen LogP contribution in [0.1, 0.15) is 149 Å². The number of likely N-dealkylation sites (tertiary alicyclic amines) is 3. The molecule has 8 aliphatic rings. The lowest BCUT2D eigenvalue weighted by Crippen LogP contribution is -2.51. The van der Waals surface area contributed by atoms with Crippen molar-refractivity contribution in [3.8, 4) is 0 Å². The molecule has 26 nitrogen and oxygen atoms in total. The number of aromatic amines is 2. The minimum atomic E-state index is -0.424. The number of amides is 8. The molecule has 5 unspecified atom stereocenters. The Morgan fingerprint density at radius 2 is 0.943 bits per heavy atom. The van der Waals surface area contributed by atoms with Crippen LogP contribution in [-0.4, -0.2) is 222 Å². The lowest BCUT2D eigenvalue weighted by atomic mass is 9.92. The van der Waals surface area contributed by atoms with Crippen molar-refractivity contribution in [2.75, 3.05) is 95.8 Å². The molecule has 0 spiro atoms. The third-order valence-corrected chi connectivity index (χ3v) is 29.3. The van der Waals surface area contributed by atoms with E-state index < -0.39 is 15.7 Å². The van der Waals surface area contributed by atoms with Crippen LogP contribution in [0, 0.1) is 5.41 Å². The van der Waals surface area contributed by atoms with Gasteiger partial charge in [-0.05, 0) is 152 Å². The number of imidazole rings is 2. The van der Waals surface area contributed by atoms with Crippen molar-refractivity contribution in [1.82, 2.24) is 73.3 Å². The first-order chi connectivity index (χ1) is 59.2. The highest BCUT2D eigenvalue weighted by molar-refractivity contribution is 8.01. The number of piperazine rings is 1. The van der Waals surface area contributed by atoms with Gasteiger partial charge < -0.3 is 54.4 Å². The summed E-state index contributed by atoms with van der Waals surface area (Å²) in [7, 11) is 2.16. The SMILES string of the molecule is CN1CCN(c2ccccc2[C@H]2SC(CC(=O)N3CCC(n4c(=O)[nH]c5ncccc54)CC3)C(=O)N2CCC(C)(C)C)CC1.O=C(CC1SC(c2ccccc2)N(CCc2ccncc2)C1=O)N1CCC(n2c(=O)[nH]c3ccccc32)CC1.O=C(CC1SC(c2ccccc2)N(Cc2ccncc2)C1=O)N1CCC(N2Cc3ccccc3NC2=O)CC1.[HH].[HH]. The minimum absolute atomic E-state index is 0. The number of benzene rings is 5. The smallest absolute Gasteiger partial charge is 0.327 e. The van der Waals surface area contributed by atoms with Gasteiger partial charge in [0.25, 0.3) is 0 Å². The van der Waals surface area contributed by atoms with Crippen LogP contribution in [0.4, 0.5) is 16.2 Å². The average Bonchev–Trinajstić information content (AvgIpc) is 1.59. The standard InChI is InChI=1S/C33H45N7O3S.2C30H31N5O3S.2H2/c1-33(2,3)13-17-39-30(42)27(44-31(39)24-8-5-6-9-25(24)37-20-18-36(4)19-21-37)22-28(41)38-15-11-23(12-16-38)40-26-10-7-14-34-29(26)35-32(40)43;36-27(33-17-13-23(14-18-33)35-25-9-5-4-8-24(25)32-30(35)38)20-26-28(37)34(19-12-21-10-15-31-16-11-21)29(39-26)22-6-2-1-3-7-22;36-27(33-16-12-24(13-17-33)34-20-23-8-4-5-9-25(23)32-30(34)38)18-26-28(37)35(19-21-10-14-31-15-11-21)29(39-26)22-6-2-1-3-7-22;;/h5-10,14,23,27,31H,11-13,15-22H2,1-4H3,(H,34,35,43);1-11,15-16,23,26,29H,12-14,17-20H2,(H,32,38);1-11,14-15,24,26,29H,12-13,16-20H2,(H,32,38);2*1H/t27?,31-;;;;/m1..../s1. The van der Waals surface area contributed by atoms with Gasteiger partial charge >= 0.3 is 17.4 Å². The van der Waals surface area contributed by atoms with Gasteiger partial charge in [0.2, 0.25) is 35.4 Å². The Morgan fingerprint density at radius 1 is 0.467 bits per heavy atom. The Kier molecular flexibility index (Phi) is 26.5. The van der Waals surface area contributed by atoms with E-state index in [0.717, 1.165) is 102 Å². The van der Waals surface area contributed by atoms with Crippen molar-refractivity contribution >= 4 is 110 Å². The van der Waals surface area contributed by atoms with Crippen LogP contribution in [0.15, 0.2) is 210 Å². The van der Waals surface area contributed by atoms with Gasteiger partial charge in [-0.1, -0.05) is 130 Å². The Balaban J connectivity index is 0.000000150. The van der Waals surface area contributed by atoms with Gasteiger partial charge in [0.1, 0.15) is 16.1 Å². The van der Waals surface area contributed by atoms with Crippen molar-refractivity contribution < 1.29 is 36.4 Å². The van der Waals surface area contributed by atoms with Gasteiger partial charge in [0.15, 0.2) is 5.65 Å². The lowest BCUT2D eigenvalue weighted by molar-refractivity contribution is -0.137. The third kappa shape index (κ3) is 19.4. The molecule has 13 heterocycles. The molecule has 0 bridgehead atoms. The second-order valence-corrected chi connectivity index (χ2v) is 37.9. The normalized spacial score (nSPS) is 21.4.